The van der Waals surface area contributed by atoms with Crippen LogP contribution in [0.5, 0.6) is 0 Å². The van der Waals surface area contributed by atoms with Gasteiger partial charge in [-0.2, -0.15) is 0 Å². The second-order valence-corrected chi connectivity index (χ2v) is 6.28. The van der Waals surface area contributed by atoms with Crippen LogP contribution >= 0.6 is 0 Å². The van der Waals surface area contributed by atoms with Crippen LogP contribution in [0.1, 0.15) is 60.6 Å². The van der Waals surface area contributed by atoms with E-state index in [1.807, 2.05) is 13.0 Å². The van der Waals surface area contributed by atoms with E-state index in [9.17, 15) is 4.79 Å². The normalized spacial score (nSPS) is 15.7. The molecule has 0 bridgehead atoms. The molecule has 6 nitrogen and oxygen atoms in total. The smallest absolute Gasteiger partial charge is 0.270 e. The van der Waals surface area contributed by atoms with Crippen LogP contribution in [0.2, 0.25) is 0 Å². The van der Waals surface area contributed by atoms with Crippen LogP contribution in [-0.4, -0.2) is 21.9 Å². The number of rotatable bonds is 5. The lowest BCUT2D eigenvalue weighted by molar-refractivity contribution is 0.0942. The van der Waals surface area contributed by atoms with Crippen molar-refractivity contribution in [2.45, 2.75) is 58.0 Å². The molecular formula is C18H24N4O2. The number of furan rings is 1. The number of carbonyl (C=O) groups is 1. The number of hydrogen-bond donors (Lipinski definition) is 2. The third-order valence-corrected chi connectivity index (χ3v) is 4.28. The second kappa shape index (κ2) is 7.95. The molecule has 6 heteroatoms. The van der Waals surface area contributed by atoms with E-state index in [1.165, 1.54) is 25.7 Å². The molecule has 1 amide bonds. The first kappa shape index (κ1) is 16.5. The van der Waals surface area contributed by atoms with E-state index in [0.29, 0.717) is 29.9 Å². The van der Waals surface area contributed by atoms with Crippen molar-refractivity contribution >= 4 is 11.7 Å². The van der Waals surface area contributed by atoms with Gasteiger partial charge in [-0.15, -0.1) is 0 Å². The van der Waals surface area contributed by atoms with Crippen LogP contribution in [0, 0.1) is 6.92 Å². The summed E-state index contributed by atoms with van der Waals surface area (Å²) in [4.78, 5) is 21.0. The van der Waals surface area contributed by atoms with E-state index in [4.69, 9.17) is 4.42 Å². The average Bonchev–Trinajstić information content (AvgIpc) is 2.96. The number of nitrogens with one attached hydrogen (secondary N) is 2. The molecule has 0 radical (unpaired) electrons. The van der Waals surface area contributed by atoms with Gasteiger partial charge in [0.05, 0.1) is 12.8 Å². The zero-order chi connectivity index (χ0) is 16.8. The molecule has 2 aromatic rings. The Hall–Kier alpha value is -2.37. The summed E-state index contributed by atoms with van der Waals surface area (Å²) < 4.78 is 5.22. The van der Waals surface area contributed by atoms with Crippen molar-refractivity contribution in [2.24, 2.45) is 0 Å². The van der Waals surface area contributed by atoms with Gasteiger partial charge in [-0.25, -0.2) is 9.97 Å². The summed E-state index contributed by atoms with van der Waals surface area (Å²) in [7, 11) is 0. The van der Waals surface area contributed by atoms with Crippen molar-refractivity contribution in [3.05, 3.63) is 41.7 Å². The molecule has 128 valence electrons. The SMILES string of the molecule is Cc1nc(NC2CCCCCC2)cc(C(=O)NCc2ccco2)n1. The van der Waals surface area contributed by atoms with Crippen LogP contribution in [0.4, 0.5) is 5.82 Å². The van der Waals surface area contributed by atoms with Crippen molar-refractivity contribution in [3.63, 3.8) is 0 Å². The maximum atomic E-state index is 12.3. The van der Waals surface area contributed by atoms with Crippen LogP contribution in [0.15, 0.2) is 28.9 Å². The Morgan fingerprint density at radius 2 is 2.04 bits per heavy atom. The minimum atomic E-state index is -0.221. The predicted octanol–water partition coefficient (Wildman–Crippen LogP) is 3.44. The summed E-state index contributed by atoms with van der Waals surface area (Å²) >= 11 is 0. The molecular weight excluding hydrogens is 304 g/mol. The van der Waals surface area contributed by atoms with Crippen LogP contribution in [0.25, 0.3) is 0 Å². The molecule has 0 aromatic carbocycles. The molecule has 0 saturated heterocycles. The van der Waals surface area contributed by atoms with Gasteiger partial charge in [-0.05, 0) is 31.9 Å². The Bertz CT molecular complexity index is 662. The summed E-state index contributed by atoms with van der Waals surface area (Å²) in [5.41, 5.74) is 0.380. The summed E-state index contributed by atoms with van der Waals surface area (Å²) in [5, 5.41) is 6.30. The number of anilines is 1. The van der Waals surface area contributed by atoms with E-state index in [-0.39, 0.29) is 5.91 Å². The molecule has 1 aliphatic carbocycles. The quantitative estimate of drug-likeness (QED) is 0.822. The van der Waals surface area contributed by atoms with Gasteiger partial charge < -0.3 is 15.1 Å². The Balaban J connectivity index is 1.64. The minimum Gasteiger partial charge on any atom is -0.467 e. The third-order valence-electron chi connectivity index (χ3n) is 4.28. The molecule has 24 heavy (non-hydrogen) atoms. The third kappa shape index (κ3) is 4.57. The van der Waals surface area contributed by atoms with E-state index < -0.39 is 0 Å². The highest BCUT2D eigenvalue weighted by atomic mass is 16.3. The summed E-state index contributed by atoms with van der Waals surface area (Å²) in [6.45, 7) is 2.15. The molecule has 2 N–H and O–H groups in total. The molecule has 1 fully saturated rings. The molecule has 0 spiro atoms. The van der Waals surface area contributed by atoms with Gasteiger partial charge in [0.1, 0.15) is 23.1 Å². The summed E-state index contributed by atoms with van der Waals surface area (Å²) in [6, 6.07) is 5.78. The van der Waals surface area contributed by atoms with Gasteiger partial charge in [0.15, 0.2) is 0 Å². The highest BCUT2D eigenvalue weighted by molar-refractivity contribution is 5.92. The average molecular weight is 328 g/mol. The summed E-state index contributed by atoms with van der Waals surface area (Å²) in [5.74, 6) is 1.82. The van der Waals surface area contributed by atoms with Gasteiger partial charge >= 0.3 is 0 Å². The van der Waals surface area contributed by atoms with Gasteiger partial charge in [-0.1, -0.05) is 25.7 Å². The number of aryl methyl sites for hydroxylation is 1. The predicted molar refractivity (Wildman–Crippen MR) is 91.8 cm³/mol. The first-order chi connectivity index (χ1) is 11.7. The maximum Gasteiger partial charge on any atom is 0.270 e. The number of amides is 1. The van der Waals surface area contributed by atoms with Gasteiger partial charge in [0.25, 0.3) is 5.91 Å². The molecule has 1 aliphatic rings. The minimum absolute atomic E-state index is 0.221. The molecule has 0 aliphatic heterocycles. The lowest BCUT2D eigenvalue weighted by atomic mass is 10.1. The number of aromatic nitrogens is 2. The Kier molecular flexibility index (Phi) is 5.46. The van der Waals surface area contributed by atoms with Crippen LogP contribution in [0.3, 0.4) is 0 Å². The number of carbonyl (C=O) groups excluding carboxylic acids is 1. The van der Waals surface area contributed by atoms with Crippen molar-refractivity contribution in [2.75, 3.05) is 5.32 Å². The largest absolute Gasteiger partial charge is 0.467 e. The monoisotopic (exact) mass is 328 g/mol. The van der Waals surface area contributed by atoms with Crippen LogP contribution in [-0.2, 0) is 6.54 Å². The number of hydrogen-bond acceptors (Lipinski definition) is 5. The molecule has 2 aromatic heterocycles. The fourth-order valence-electron chi connectivity index (χ4n) is 3.06. The standard InChI is InChI=1S/C18H24N4O2/c1-13-20-16(18(23)19-12-15-9-6-10-24-15)11-17(21-13)22-14-7-4-2-3-5-8-14/h6,9-11,14H,2-5,7-8,12H2,1H3,(H,19,23)(H,20,21,22). The fraction of sp³-hybridized carbons (Fsp3) is 0.500. The lowest BCUT2D eigenvalue weighted by Crippen LogP contribution is -2.25. The Morgan fingerprint density at radius 1 is 1.25 bits per heavy atom. The van der Waals surface area contributed by atoms with Gasteiger partial charge in [0.2, 0.25) is 0 Å². The lowest BCUT2D eigenvalue weighted by Gasteiger charge is -2.17. The maximum absolute atomic E-state index is 12.3. The zero-order valence-corrected chi connectivity index (χ0v) is 14.0. The Morgan fingerprint density at radius 3 is 2.75 bits per heavy atom. The van der Waals surface area contributed by atoms with Crippen molar-refractivity contribution < 1.29 is 9.21 Å². The molecule has 0 atom stereocenters. The molecule has 2 heterocycles. The first-order valence-corrected chi connectivity index (χ1v) is 8.63. The fourth-order valence-corrected chi connectivity index (χ4v) is 3.06. The molecule has 0 unspecified atom stereocenters. The highest BCUT2D eigenvalue weighted by Crippen LogP contribution is 2.20. The second-order valence-electron chi connectivity index (χ2n) is 6.28. The van der Waals surface area contributed by atoms with E-state index >= 15 is 0 Å². The van der Waals surface area contributed by atoms with Crippen molar-refractivity contribution in [3.8, 4) is 0 Å². The highest BCUT2D eigenvalue weighted by Gasteiger charge is 2.15. The number of nitrogens with zero attached hydrogens (tertiary/aromatic N) is 2. The van der Waals surface area contributed by atoms with Crippen molar-refractivity contribution in [1.82, 2.24) is 15.3 Å². The van der Waals surface area contributed by atoms with Gasteiger partial charge in [-0.3, -0.25) is 4.79 Å². The van der Waals surface area contributed by atoms with E-state index in [1.54, 1.807) is 18.4 Å². The van der Waals surface area contributed by atoms with Crippen molar-refractivity contribution in [1.29, 1.82) is 0 Å². The van der Waals surface area contributed by atoms with Crippen LogP contribution < -0.4 is 10.6 Å². The van der Waals surface area contributed by atoms with Gasteiger partial charge in [0, 0.05) is 12.1 Å². The Labute approximate surface area is 142 Å². The first-order valence-electron chi connectivity index (χ1n) is 8.63. The summed E-state index contributed by atoms with van der Waals surface area (Å²) in [6.07, 6.45) is 9.01. The zero-order valence-electron chi connectivity index (χ0n) is 14.0. The topological polar surface area (TPSA) is 80.0 Å². The molecule has 3 rings (SSSR count). The molecule has 1 saturated carbocycles. The van der Waals surface area contributed by atoms with E-state index in [2.05, 4.69) is 20.6 Å². The van der Waals surface area contributed by atoms with E-state index in [0.717, 1.165) is 18.7 Å².